The minimum Gasteiger partial charge on any atom is -0.425 e. The molecule has 0 saturated carbocycles. The molecule has 0 aromatic carbocycles. The molecule has 5 heterocycles. The van der Waals surface area contributed by atoms with Crippen LogP contribution in [-0.4, -0.2) is 170 Å². The fourth-order valence-corrected chi connectivity index (χ4v) is 14.3. The maximum absolute atomic E-state index is 12.5. The number of rotatable bonds is 0. The van der Waals surface area contributed by atoms with Crippen LogP contribution in [0, 0.1) is 4.58 Å². The van der Waals surface area contributed by atoms with Crippen molar-refractivity contribution in [3.8, 4) is 0 Å². The molecular weight excluding hydrogens is 965 g/mol. The van der Waals surface area contributed by atoms with Gasteiger partial charge in [0.2, 0.25) is 19.7 Å². The molecule has 0 N–H and O–H groups in total. The van der Waals surface area contributed by atoms with Gasteiger partial charge in [-0.25, -0.2) is 33.7 Å². The Balaban J connectivity index is 0.000000368. The number of hydrogen-bond donors (Lipinski definition) is 0. The third-order valence-corrected chi connectivity index (χ3v) is 20.1. The average Bonchev–Trinajstić information content (AvgIpc) is 3.16. The Bertz CT molecular complexity index is 2000. The SMILES string of the molecule is CN1CCOCC1.CN1CCOCC1.C[C-]1S(=O)(=O)C(F)(F)C(F)(F)S1(=O)=O.O=S1(=O)CS(=O)(=O)C(F)(F)C(F)(F)C1(F)F.O=S1(=O)[N-]S(=O)(=O)C(F)(F)C1(F)F. The average molecular weight is 992 g/mol. The third-order valence-electron chi connectivity index (χ3n) is 7.25. The number of nitrogens with zero attached hydrogens (tertiary/aromatic N) is 3. The van der Waals surface area contributed by atoms with E-state index >= 15 is 0 Å². The number of morpholine rings is 2. The lowest BCUT2D eigenvalue weighted by atomic mass is 10.3. The van der Waals surface area contributed by atoms with Gasteiger partial charge >= 0.3 is 37.4 Å². The number of likely N-dealkylation sites (N-methyl/N-ethyl adjacent to an activating group) is 2. The summed E-state index contributed by atoms with van der Waals surface area (Å²) in [6.45, 7) is 8.25. The highest BCUT2D eigenvalue weighted by Gasteiger charge is 2.86. The van der Waals surface area contributed by atoms with Crippen LogP contribution in [0.4, 0.5) is 61.5 Å². The molecule has 5 rings (SSSR count). The van der Waals surface area contributed by atoms with Gasteiger partial charge < -0.3 is 23.4 Å². The highest BCUT2D eigenvalue weighted by atomic mass is 32.3. The molecule has 5 fully saturated rings. The molecule has 5 saturated heterocycles. The van der Waals surface area contributed by atoms with Crippen LogP contribution in [0.25, 0.3) is 4.13 Å². The number of hydrogen-bond acceptors (Lipinski definition) is 16. The second-order valence-corrected chi connectivity index (χ2v) is 23.8. The van der Waals surface area contributed by atoms with Crippen LogP contribution in [0.2, 0.25) is 0 Å². The van der Waals surface area contributed by atoms with Crippen LogP contribution in [0.15, 0.2) is 0 Å². The standard InChI is InChI=1S/2C5H11NO.C4H2F6O4S2.C4H3F4O4S2.C2F4NO4S2/c2*1-6-2-4-7-5-3-6;5-2(6)3(7,8)15(11,12)1-16(13,14)4(2,9)10;1-2-13(9,10)3(5,6)4(7,8)14(2,11)12;3-1(4)2(5,6)13(10,11)7-12(1,8)9/h2*2-5H2,1H3;1H2;1H3;/q;;;2*-1. The van der Waals surface area contributed by atoms with Gasteiger partial charge in [-0.2, -0.15) is 68.4 Å². The first-order chi connectivity index (χ1) is 24.9. The number of sulfone groups is 4. The number of alkyl halides is 14. The molecule has 0 aliphatic carbocycles. The van der Waals surface area contributed by atoms with Crippen molar-refractivity contribution in [1.82, 2.24) is 9.80 Å². The molecule has 0 atom stereocenters. The summed E-state index contributed by atoms with van der Waals surface area (Å²) in [5, 5.41) is -37.6. The smallest absolute Gasteiger partial charge is 0.415 e. The summed E-state index contributed by atoms with van der Waals surface area (Å²) < 4.78 is 308. The van der Waals surface area contributed by atoms with Gasteiger partial charge in [0.25, 0.3) is 0 Å². The minimum absolute atomic E-state index is 0.208. The Kier molecular flexibility index (Phi) is 15.4. The topological polar surface area (TPSA) is 244 Å². The maximum atomic E-state index is 12.5. The predicted molar refractivity (Wildman–Crippen MR) is 162 cm³/mol. The Hall–Kier alpha value is -1.48. The Morgan fingerprint density at radius 2 is 0.702 bits per heavy atom. The zero-order valence-corrected chi connectivity index (χ0v) is 33.1. The van der Waals surface area contributed by atoms with Gasteiger partial charge in [-0.05, 0) is 14.1 Å². The summed E-state index contributed by atoms with van der Waals surface area (Å²) in [6.07, 6.45) is 0. The van der Waals surface area contributed by atoms with Crippen molar-refractivity contribution < 1.29 is 121 Å². The van der Waals surface area contributed by atoms with E-state index in [0.717, 1.165) is 52.6 Å². The van der Waals surface area contributed by atoms with Gasteiger partial charge in [-0.15, -0.1) is 0 Å². The molecule has 0 bridgehead atoms. The van der Waals surface area contributed by atoms with Crippen molar-refractivity contribution in [3.05, 3.63) is 8.71 Å². The molecule has 0 spiro atoms. The zero-order chi connectivity index (χ0) is 45.7. The highest BCUT2D eigenvalue weighted by Crippen LogP contribution is 2.57. The van der Waals surface area contributed by atoms with Crippen LogP contribution in [0.1, 0.15) is 6.92 Å². The second-order valence-electron chi connectivity index (χ2n) is 11.4. The lowest BCUT2D eigenvalue weighted by molar-refractivity contribution is -0.245. The molecule has 0 aromatic heterocycles. The summed E-state index contributed by atoms with van der Waals surface area (Å²) in [7, 11) is -31.7. The number of halogens is 14. The fraction of sp³-hybridized carbons (Fsp3) is 0.950. The van der Waals surface area contributed by atoms with Crippen molar-refractivity contribution in [2.75, 3.05) is 71.8 Å². The van der Waals surface area contributed by atoms with Crippen molar-refractivity contribution >= 4 is 59.4 Å². The maximum Gasteiger partial charge on any atom is 0.415 e. The zero-order valence-electron chi connectivity index (χ0n) is 28.2. The molecule has 0 aromatic rings. The molecule has 37 heteroatoms. The van der Waals surface area contributed by atoms with E-state index in [1.54, 1.807) is 0 Å². The van der Waals surface area contributed by atoms with Gasteiger partial charge in [-0.1, -0.05) is 4.58 Å². The van der Waals surface area contributed by atoms with Crippen molar-refractivity contribution in [1.29, 1.82) is 0 Å². The normalized spacial score (nSPS) is 31.1. The van der Waals surface area contributed by atoms with Gasteiger partial charge in [0.15, 0.2) is 25.1 Å². The highest BCUT2D eigenvalue weighted by molar-refractivity contribution is 8.17. The first-order valence-electron chi connectivity index (χ1n) is 14.0. The van der Waals surface area contributed by atoms with Gasteiger partial charge in [-0.3, -0.25) is 16.8 Å². The van der Waals surface area contributed by atoms with Crippen molar-refractivity contribution in [2.24, 2.45) is 0 Å². The summed E-state index contributed by atoms with van der Waals surface area (Å²) in [4.78, 5) is 4.53. The van der Waals surface area contributed by atoms with E-state index in [0.29, 0.717) is 0 Å². The van der Waals surface area contributed by atoms with Crippen LogP contribution in [0.3, 0.4) is 0 Å². The summed E-state index contributed by atoms with van der Waals surface area (Å²) in [5.41, 5.74) is 0. The quantitative estimate of drug-likeness (QED) is 0.245. The van der Waals surface area contributed by atoms with Crippen LogP contribution in [0.5, 0.6) is 0 Å². The lowest BCUT2D eigenvalue weighted by Gasteiger charge is -2.35. The van der Waals surface area contributed by atoms with E-state index in [4.69, 9.17) is 9.47 Å². The number of ether oxygens (including phenoxy) is 2. The van der Waals surface area contributed by atoms with E-state index in [-0.39, 0.29) is 6.92 Å². The first kappa shape index (κ1) is 53.5. The van der Waals surface area contributed by atoms with Gasteiger partial charge in [0.1, 0.15) is 19.7 Å². The van der Waals surface area contributed by atoms with Crippen LogP contribution in [-0.2, 0) is 68.9 Å². The molecule has 17 nitrogen and oxygen atoms in total. The Labute approximate surface area is 314 Å². The van der Waals surface area contributed by atoms with Crippen molar-refractivity contribution in [3.63, 3.8) is 0 Å². The molecule has 5 aliphatic rings. The third kappa shape index (κ3) is 9.10. The van der Waals surface area contributed by atoms with E-state index in [9.17, 15) is 112 Å². The molecule has 0 amide bonds. The number of sulfonamides is 2. The van der Waals surface area contributed by atoms with E-state index in [2.05, 4.69) is 23.9 Å². The largest absolute Gasteiger partial charge is 0.425 e. The monoisotopic (exact) mass is 991 g/mol. The van der Waals surface area contributed by atoms with Crippen molar-refractivity contribution in [2.45, 2.75) is 44.4 Å². The summed E-state index contributed by atoms with van der Waals surface area (Å²) >= 11 is 0. The second kappa shape index (κ2) is 16.4. The van der Waals surface area contributed by atoms with Gasteiger partial charge in [0.05, 0.1) is 26.4 Å². The van der Waals surface area contributed by atoms with Gasteiger partial charge in [0, 0.05) is 26.2 Å². The minimum atomic E-state index is -6.50. The van der Waals surface area contributed by atoms with E-state index in [1.807, 2.05) is 0 Å². The Morgan fingerprint density at radius 1 is 0.456 bits per heavy atom. The van der Waals surface area contributed by atoms with E-state index < -0.39 is 107 Å². The molecule has 57 heavy (non-hydrogen) atoms. The predicted octanol–water partition coefficient (Wildman–Crippen LogP) is 1.25. The Morgan fingerprint density at radius 3 is 0.842 bits per heavy atom. The molecule has 5 aliphatic heterocycles. The summed E-state index contributed by atoms with van der Waals surface area (Å²) in [6, 6.07) is 0. The molecular formula is C20H27F14N3O14S6-2. The molecule has 0 unspecified atom stereocenters. The van der Waals surface area contributed by atoms with Crippen LogP contribution < -0.4 is 0 Å². The lowest BCUT2D eigenvalue weighted by Crippen LogP contribution is -2.66. The summed E-state index contributed by atoms with van der Waals surface area (Å²) in [5.74, 6) is -6.50. The van der Waals surface area contributed by atoms with Crippen LogP contribution >= 0.6 is 0 Å². The molecule has 342 valence electrons. The fourth-order valence-electron chi connectivity index (χ4n) is 3.56. The first-order valence-corrected chi connectivity index (χ1v) is 23.2. The molecule has 0 radical (unpaired) electrons. The van der Waals surface area contributed by atoms with E-state index in [1.165, 1.54) is 4.13 Å².